The minimum atomic E-state index is -0.434. The molecule has 0 amide bonds. The normalized spacial score (nSPS) is 47.5. The molecular formula is C30H48O3. The highest BCUT2D eigenvalue weighted by Gasteiger charge is 2.62. The molecule has 5 rings (SSSR count). The minimum Gasteiger partial charge on any atom is -0.393 e. The molecule has 0 unspecified atom stereocenters. The number of hydrogen-bond acceptors (Lipinski definition) is 3. The molecule has 4 fully saturated rings. The second-order valence-corrected chi connectivity index (χ2v) is 13.5. The summed E-state index contributed by atoms with van der Waals surface area (Å²) in [4.78, 5) is 0. The Labute approximate surface area is 202 Å². The van der Waals surface area contributed by atoms with Crippen molar-refractivity contribution in [1.82, 2.24) is 0 Å². The lowest BCUT2D eigenvalue weighted by atomic mass is 9.47. The maximum absolute atomic E-state index is 11.0. The van der Waals surface area contributed by atoms with E-state index in [2.05, 4.69) is 60.6 Å². The molecule has 1 N–H and O–H groups in total. The quantitative estimate of drug-likeness (QED) is 0.461. The first-order valence-electron chi connectivity index (χ1n) is 13.8. The van der Waals surface area contributed by atoms with Gasteiger partial charge in [-0.3, -0.25) is 0 Å². The lowest BCUT2D eigenvalue weighted by Crippen LogP contribution is -2.54. The number of fused-ring (bicyclic) bond motifs is 7. The maximum Gasteiger partial charge on any atom is 0.163 e. The summed E-state index contributed by atoms with van der Waals surface area (Å²) in [5.41, 5.74) is 3.77. The van der Waals surface area contributed by atoms with E-state index in [1.807, 2.05) is 0 Å². The third kappa shape index (κ3) is 3.80. The van der Waals surface area contributed by atoms with Crippen LogP contribution in [0.5, 0.6) is 0 Å². The molecule has 4 aliphatic carbocycles. The van der Waals surface area contributed by atoms with Crippen molar-refractivity contribution in [3.63, 3.8) is 0 Å². The Balaban J connectivity index is 1.38. The molecule has 3 heteroatoms. The molecule has 3 nitrogen and oxygen atoms in total. The Morgan fingerprint density at radius 2 is 1.73 bits per heavy atom. The number of rotatable bonds is 4. The second-order valence-electron chi connectivity index (χ2n) is 13.5. The standard InChI is InChI=1S/C30H48O3/c1-18(2)8-13-25(31)19(3)21-11-12-22-20-9-10-24-27-26(32-28(4,5)33-27)15-17-30(24,7)23(20)14-16-29(21,22)6/h8-9,19,21-27,31H,10-17H2,1-7H3/t19-,21+,22-,23-,24-,25+,26-,27+,29+,30+/m0/s1. The zero-order valence-electron chi connectivity index (χ0n) is 22.2. The van der Waals surface area contributed by atoms with Crippen molar-refractivity contribution < 1.29 is 14.6 Å². The van der Waals surface area contributed by atoms with Crippen LogP contribution >= 0.6 is 0 Å². The number of hydrogen-bond donors (Lipinski definition) is 1. The molecule has 1 heterocycles. The molecule has 0 bridgehead atoms. The third-order valence-corrected chi connectivity index (χ3v) is 11.0. The molecule has 33 heavy (non-hydrogen) atoms. The van der Waals surface area contributed by atoms with E-state index in [9.17, 15) is 5.11 Å². The predicted octanol–water partition coefficient (Wildman–Crippen LogP) is 7.05. The summed E-state index contributed by atoms with van der Waals surface area (Å²) in [6.07, 6.45) is 14.7. The average molecular weight is 457 g/mol. The van der Waals surface area contributed by atoms with Crippen LogP contribution in [0, 0.1) is 40.4 Å². The molecular weight excluding hydrogens is 408 g/mol. The smallest absolute Gasteiger partial charge is 0.163 e. The summed E-state index contributed by atoms with van der Waals surface area (Å²) in [5, 5.41) is 11.0. The van der Waals surface area contributed by atoms with E-state index >= 15 is 0 Å². The number of aliphatic hydroxyl groups is 1. The average Bonchev–Trinajstić information content (AvgIpc) is 3.26. The van der Waals surface area contributed by atoms with Crippen LogP contribution in [0.15, 0.2) is 23.3 Å². The molecule has 1 saturated heterocycles. The van der Waals surface area contributed by atoms with Gasteiger partial charge in [0.2, 0.25) is 0 Å². The van der Waals surface area contributed by atoms with Gasteiger partial charge in [-0.1, -0.05) is 44.1 Å². The van der Waals surface area contributed by atoms with Crippen LogP contribution in [0.1, 0.15) is 99.8 Å². The van der Waals surface area contributed by atoms with Gasteiger partial charge in [0.25, 0.3) is 0 Å². The molecule has 0 spiro atoms. The minimum absolute atomic E-state index is 0.224. The summed E-state index contributed by atoms with van der Waals surface area (Å²) >= 11 is 0. The van der Waals surface area contributed by atoms with Crippen molar-refractivity contribution in [2.24, 2.45) is 40.4 Å². The van der Waals surface area contributed by atoms with Crippen LogP contribution in [0.25, 0.3) is 0 Å². The van der Waals surface area contributed by atoms with Gasteiger partial charge in [0.05, 0.1) is 18.3 Å². The largest absolute Gasteiger partial charge is 0.393 e. The van der Waals surface area contributed by atoms with E-state index in [0.29, 0.717) is 40.4 Å². The van der Waals surface area contributed by atoms with Gasteiger partial charge >= 0.3 is 0 Å². The van der Waals surface area contributed by atoms with Crippen LogP contribution in [-0.4, -0.2) is 29.2 Å². The Bertz CT molecular complexity index is 822. The topological polar surface area (TPSA) is 38.7 Å². The molecule has 0 aromatic carbocycles. The fourth-order valence-corrected chi connectivity index (χ4v) is 9.27. The Kier molecular flexibility index (Phi) is 5.98. The lowest BCUT2D eigenvalue weighted by molar-refractivity contribution is -0.154. The molecule has 3 saturated carbocycles. The summed E-state index contributed by atoms with van der Waals surface area (Å²) in [7, 11) is 0. The molecule has 0 aromatic heterocycles. The van der Waals surface area contributed by atoms with Gasteiger partial charge < -0.3 is 14.6 Å². The van der Waals surface area contributed by atoms with Crippen LogP contribution in [0.2, 0.25) is 0 Å². The number of allylic oxidation sites excluding steroid dienone is 3. The van der Waals surface area contributed by atoms with Gasteiger partial charge in [-0.05, 0) is 119 Å². The van der Waals surface area contributed by atoms with Gasteiger partial charge in [0, 0.05) is 0 Å². The summed E-state index contributed by atoms with van der Waals surface area (Å²) in [5.74, 6) is 2.54. The number of aliphatic hydroxyl groups excluding tert-OH is 1. The zero-order chi connectivity index (χ0) is 23.8. The van der Waals surface area contributed by atoms with E-state index in [4.69, 9.17) is 9.47 Å². The van der Waals surface area contributed by atoms with Gasteiger partial charge in [-0.2, -0.15) is 0 Å². The molecule has 5 aliphatic rings. The monoisotopic (exact) mass is 456 g/mol. The molecule has 0 aromatic rings. The van der Waals surface area contributed by atoms with Crippen LogP contribution < -0.4 is 0 Å². The van der Waals surface area contributed by atoms with E-state index in [1.54, 1.807) is 5.57 Å². The van der Waals surface area contributed by atoms with Crippen LogP contribution in [0.3, 0.4) is 0 Å². The van der Waals surface area contributed by atoms with Crippen molar-refractivity contribution in [2.75, 3.05) is 0 Å². The zero-order valence-corrected chi connectivity index (χ0v) is 22.2. The third-order valence-electron chi connectivity index (χ3n) is 11.0. The van der Waals surface area contributed by atoms with E-state index in [1.165, 1.54) is 37.7 Å². The van der Waals surface area contributed by atoms with E-state index in [-0.39, 0.29) is 18.3 Å². The first kappa shape index (κ1) is 24.1. The maximum atomic E-state index is 11.0. The highest BCUT2D eigenvalue weighted by molar-refractivity contribution is 5.28. The van der Waals surface area contributed by atoms with E-state index in [0.717, 1.165) is 19.3 Å². The second kappa shape index (κ2) is 8.20. The Hall–Kier alpha value is -0.640. The summed E-state index contributed by atoms with van der Waals surface area (Å²) in [6.45, 7) is 15.9. The van der Waals surface area contributed by atoms with Crippen molar-refractivity contribution in [3.8, 4) is 0 Å². The van der Waals surface area contributed by atoms with Gasteiger partial charge in [-0.15, -0.1) is 0 Å². The Morgan fingerprint density at radius 3 is 2.45 bits per heavy atom. The predicted molar refractivity (Wildman–Crippen MR) is 134 cm³/mol. The van der Waals surface area contributed by atoms with Crippen molar-refractivity contribution in [3.05, 3.63) is 23.3 Å². The van der Waals surface area contributed by atoms with Crippen LogP contribution in [0.4, 0.5) is 0 Å². The number of ether oxygens (including phenoxy) is 2. The fourth-order valence-electron chi connectivity index (χ4n) is 9.27. The van der Waals surface area contributed by atoms with Gasteiger partial charge in [0.15, 0.2) is 5.79 Å². The van der Waals surface area contributed by atoms with Crippen molar-refractivity contribution in [2.45, 2.75) is 124 Å². The lowest BCUT2D eigenvalue weighted by Gasteiger charge is -2.58. The highest BCUT2D eigenvalue weighted by atomic mass is 16.8. The van der Waals surface area contributed by atoms with Crippen LogP contribution in [-0.2, 0) is 9.47 Å². The molecule has 10 atom stereocenters. The summed E-state index contributed by atoms with van der Waals surface area (Å²) in [6, 6.07) is 0. The molecule has 186 valence electrons. The fraction of sp³-hybridized carbons (Fsp3) is 0.867. The van der Waals surface area contributed by atoms with Crippen molar-refractivity contribution >= 4 is 0 Å². The first-order chi connectivity index (χ1) is 15.5. The Morgan fingerprint density at radius 1 is 1.03 bits per heavy atom. The molecule has 0 radical (unpaired) electrons. The molecule has 1 aliphatic heterocycles. The SMILES string of the molecule is CC(C)=CC[C@@H](O)[C@@H](C)[C@H]1CC[C@H]2C3=CC[C@H]4[C@H]5OC(C)(C)O[C@H]5CC[C@]4(C)[C@H]3CC[C@]12C. The van der Waals surface area contributed by atoms with Gasteiger partial charge in [0.1, 0.15) is 0 Å². The highest BCUT2D eigenvalue weighted by Crippen LogP contribution is 2.67. The van der Waals surface area contributed by atoms with Gasteiger partial charge in [-0.25, -0.2) is 0 Å². The first-order valence-corrected chi connectivity index (χ1v) is 13.8. The summed E-state index contributed by atoms with van der Waals surface area (Å²) < 4.78 is 12.8. The van der Waals surface area contributed by atoms with Crippen molar-refractivity contribution in [1.29, 1.82) is 0 Å². The van der Waals surface area contributed by atoms with E-state index < -0.39 is 5.79 Å².